The lowest BCUT2D eigenvalue weighted by atomic mass is 9.98. The van der Waals surface area contributed by atoms with Crippen molar-refractivity contribution in [3.8, 4) is 0 Å². The van der Waals surface area contributed by atoms with E-state index in [1.807, 2.05) is 0 Å². The fourth-order valence-corrected chi connectivity index (χ4v) is 1.25. The van der Waals surface area contributed by atoms with Crippen LogP contribution in [0.5, 0.6) is 0 Å². The number of allylic oxidation sites excluding steroid dienone is 1. The molecule has 0 radical (unpaired) electrons. The van der Waals surface area contributed by atoms with Crippen molar-refractivity contribution < 1.29 is 9.53 Å². The summed E-state index contributed by atoms with van der Waals surface area (Å²) >= 11 is 0. The van der Waals surface area contributed by atoms with E-state index in [2.05, 4.69) is 13.5 Å². The fraction of sp³-hybridized carbons (Fsp3) is 0.667. The van der Waals surface area contributed by atoms with E-state index in [1.165, 1.54) is 5.57 Å². The average molecular weight is 154 g/mol. The summed E-state index contributed by atoms with van der Waals surface area (Å²) in [7, 11) is 0. The Morgan fingerprint density at radius 3 is 3.00 bits per heavy atom. The number of carbonyl (C=O) groups excluding carboxylic acids is 1. The van der Waals surface area contributed by atoms with Crippen molar-refractivity contribution in [1.29, 1.82) is 0 Å². The van der Waals surface area contributed by atoms with Gasteiger partial charge in [0, 0.05) is 5.92 Å². The first-order chi connectivity index (χ1) is 5.22. The summed E-state index contributed by atoms with van der Waals surface area (Å²) in [5.41, 5.74) is 1.22. The van der Waals surface area contributed by atoms with Gasteiger partial charge in [0.25, 0.3) is 0 Å². The summed E-state index contributed by atoms with van der Waals surface area (Å²) in [6, 6.07) is 0. The van der Waals surface area contributed by atoms with Crippen LogP contribution in [0.1, 0.15) is 26.2 Å². The van der Waals surface area contributed by atoms with Gasteiger partial charge in [-0.25, -0.2) is 0 Å². The SMILES string of the molecule is C=C(CC)CC1COC(=O)C1. The number of cyclic esters (lactones) is 1. The van der Waals surface area contributed by atoms with Crippen LogP contribution in [-0.2, 0) is 9.53 Å². The lowest BCUT2D eigenvalue weighted by molar-refractivity contribution is -0.137. The number of ether oxygens (including phenoxy) is 1. The number of carbonyl (C=O) groups is 1. The molecule has 0 spiro atoms. The highest BCUT2D eigenvalue weighted by molar-refractivity contribution is 5.71. The maximum atomic E-state index is 10.7. The van der Waals surface area contributed by atoms with Gasteiger partial charge in [0.2, 0.25) is 0 Å². The minimum Gasteiger partial charge on any atom is -0.465 e. The van der Waals surface area contributed by atoms with E-state index < -0.39 is 0 Å². The van der Waals surface area contributed by atoms with Gasteiger partial charge < -0.3 is 4.74 Å². The van der Waals surface area contributed by atoms with Crippen molar-refractivity contribution in [1.82, 2.24) is 0 Å². The molecule has 0 aliphatic carbocycles. The summed E-state index contributed by atoms with van der Waals surface area (Å²) in [5.74, 6) is 0.342. The first kappa shape index (κ1) is 8.31. The molecule has 1 fully saturated rings. The molecule has 11 heavy (non-hydrogen) atoms. The Balaban J connectivity index is 2.28. The Morgan fingerprint density at radius 2 is 2.55 bits per heavy atom. The number of rotatable bonds is 3. The Hall–Kier alpha value is -0.790. The maximum absolute atomic E-state index is 10.7. The second kappa shape index (κ2) is 3.56. The van der Waals surface area contributed by atoms with E-state index in [1.54, 1.807) is 0 Å². The van der Waals surface area contributed by atoms with Gasteiger partial charge in [-0.2, -0.15) is 0 Å². The van der Waals surface area contributed by atoms with Crippen molar-refractivity contribution in [2.24, 2.45) is 5.92 Å². The normalized spacial score (nSPS) is 23.4. The number of hydrogen-bond acceptors (Lipinski definition) is 2. The molecule has 1 heterocycles. The van der Waals surface area contributed by atoms with Gasteiger partial charge in [-0.15, -0.1) is 0 Å². The van der Waals surface area contributed by atoms with Gasteiger partial charge in [-0.05, 0) is 12.8 Å². The molecule has 0 N–H and O–H groups in total. The lowest BCUT2D eigenvalue weighted by Gasteiger charge is -2.05. The first-order valence-corrected chi connectivity index (χ1v) is 4.04. The van der Waals surface area contributed by atoms with Crippen molar-refractivity contribution in [3.63, 3.8) is 0 Å². The third-order valence-electron chi connectivity index (χ3n) is 2.01. The van der Waals surface area contributed by atoms with Crippen LogP contribution in [0.3, 0.4) is 0 Å². The van der Waals surface area contributed by atoms with Crippen LogP contribution in [0.25, 0.3) is 0 Å². The minimum absolute atomic E-state index is 0.0566. The Kier molecular flexibility index (Phi) is 2.69. The topological polar surface area (TPSA) is 26.3 Å². The van der Waals surface area contributed by atoms with Crippen LogP contribution in [0.2, 0.25) is 0 Å². The molecule has 1 rings (SSSR count). The maximum Gasteiger partial charge on any atom is 0.306 e. The Morgan fingerprint density at radius 1 is 1.82 bits per heavy atom. The van der Waals surface area contributed by atoms with Crippen LogP contribution in [0, 0.1) is 5.92 Å². The zero-order valence-electron chi connectivity index (χ0n) is 6.93. The highest BCUT2D eigenvalue weighted by atomic mass is 16.5. The zero-order valence-corrected chi connectivity index (χ0v) is 6.93. The molecular formula is C9H14O2. The molecular weight excluding hydrogens is 140 g/mol. The van der Waals surface area contributed by atoms with E-state index in [4.69, 9.17) is 4.74 Å². The van der Waals surface area contributed by atoms with Crippen LogP contribution >= 0.6 is 0 Å². The second-order valence-corrected chi connectivity index (χ2v) is 3.06. The minimum atomic E-state index is -0.0566. The van der Waals surface area contributed by atoms with Crippen LogP contribution in [-0.4, -0.2) is 12.6 Å². The zero-order chi connectivity index (χ0) is 8.27. The summed E-state index contributed by atoms with van der Waals surface area (Å²) in [6.45, 7) is 6.57. The van der Waals surface area contributed by atoms with Crippen LogP contribution in [0.4, 0.5) is 0 Å². The Labute approximate surface area is 67.2 Å². The second-order valence-electron chi connectivity index (χ2n) is 3.06. The number of hydrogen-bond donors (Lipinski definition) is 0. The summed E-state index contributed by atoms with van der Waals surface area (Å²) < 4.78 is 4.83. The quantitative estimate of drug-likeness (QED) is 0.458. The highest BCUT2D eigenvalue weighted by Crippen LogP contribution is 2.22. The molecule has 0 aromatic heterocycles. The Bertz CT molecular complexity index is 172. The molecule has 2 heteroatoms. The molecule has 1 unspecified atom stereocenters. The summed E-state index contributed by atoms with van der Waals surface area (Å²) in [4.78, 5) is 10.7. The molecule has 0 saturated carbocycles. The predicted octanol–water partition coefficient (Wildman–Crippen LogP) is 1.91. The van der Waals surface area contributed by atoms with Crippen molar-refractivity contribution in [3.05, 3.63) is 12.2 Å². The van der Waals surface area contributed by atoms with Gasteiger partial charge in [-0.3, -0.25) is 4.79 Å². The standard InChI is InChI=1S/C9H14O2/c1-3-7(2)4-8-5-9(10)11-6-8/h8H,2-6H2,1H3. The van der Waals surface area contributed by atoms with Gasteiger partial charge in [0.15, 0.2) is 0 Å². The van der Waals surface area contributed by atoms with Gasteiger partial charge in [0.1, 0.15) is 0 Å². The van der Waals surface area contributed by atoms with Crippen LogP contribution in [0.15, 0.2) is 12.2 Å². The van der Waals surface area contributed by atoms with E-state index >= 15 is 0 Å². The van der Waals surface area contributed by atoms with Crippen molar-refractivity contribution in [2.75, 3.05) is 6.61 Å². The lowest BCUT2D eigenvalue weighted by Crippen LogP contribution is -1.99. The third kappa shape index (κ3) is 2.37. The van der Waals surface area contributed by atoms with E-state index in [-0.39, 0.29) is 5.97 Å². The molecule has 62 valence electrons. The first-order valence-electron chi connectivity index (χ1n) is 4.04. The van der Waals surface area contributed by atoms with Gasteiger partial charge >= 0.3 is 5.97 Å². The largest absolute Gasteiger partial charge is 0.465 e. The van der Waals surface area contributed by atoms with E-state index in [9.17, 15) is 4.79 Å². The molecule has 1 aliphatic rings. The molecule has 0 aromatic carbocycles. The predicted molar refractivity (Wildman–Crippen MR) is 43.1 cm³/mol. The smallest absolute Gasteiger partial charge is 0.306 e. The summed E-state index contributed by atoms with van der Waals surface area (Å²) in [6.07, 6.45) is 2.53. The van der Waals surface area contributed by atoms with Gasteiger partial charge in [0.05, 0.1) is 13.0 Å². The summed E-state index contributed by atoms with van der Waals surface area (Å²) in [5, 5.41) is 0. The van der Waals surface area contributed by atoms with Crippen LogP contribution < -0.4 is 0 Å². The molecule has 1 aliphatic heterocycles. The van der Waals surface area contributed by atoms with E-state index in [0.29, 0.717) is 18.9 Å². The fourth-order valence-electron chi connectivity index (χ4n) is 1.25. The average Bonchev–Trinajstić information content (AvgIpc) is 2.35. The number of esters is 1. The monoisotopic (exact) mass is 154 g/mol. The molecule has 0 amide bonds. The van der Waals surface area contributed by atoms with Gasteiger partial charge in [-0.1, -0.05) is 19.1 Å². The van der Waals surface area contributed by atoms with Crippen molar-refractivity contribution in [2.45, 2.75) is 26.2 Å². The molecule has 0 bridgehead atoms. The highest BCUT2D eigenvalue weighted by Gasteiger charge is 2.23. The molecule has 0 aromatic rings. The van der Waals surface area contributed by atoms with Crippen molar-refractivity contribution >= 4 is 5.97 Å². The van der Waals surface area contributed by atoms with E-state index in [0.717, 1.165) is 12.8 Å². The third-order valence-corrected chi connectivity index (χ3v) is 2.01. The molecule has 2 nitrogen and oxygen atoms in total. The molecule has 1 saturated heterocycles. The molecule has 1 atom stereocenters.